The van der Waals surface area contributed by atoms with Crippen molar-refractivity contribution in [3.8, 4) is 22.4 Å². The molecular weight excluding hydrogens is 480 g/mol. The Morgan fingerprint density at radius 1 is 0.842 bits per heavy atom. The average molecular weight is 518 g/mol. The van der Waals surface area contributed by atoms with Gasteiger partial charge < -0.3 is 4.42 Å². The molecule has 0 atom stereocenters. The summed E-state index contributed by atoms with van der Waals surface area (Å²) < 4.78 is 9.14. The Balaban J connectivity index is 1.87. The van der Waals surface area contributed by atoms with Gasteiger partial charge in [0.25, 0.3) is 0 Å². The lowest BCUT2D eigenvalue weighted by atomic mass is 9.96. The van der Waals surface area contributed by atoms with Crippen LogP contribution in [-0.2, 0) is 7.05 Å². The van der Waals surface area contributed by atoms with Crippen molar-refractivity contribution < 1.29 is 8.98 Å². The molecule has 0 amide bonds. The highest BCUT2D eigenvalue weighted by Gasteiger charge is 2.29. The third-order valence-corrected chi connectivity index (χ3v) is 10.3. The first-order valence-corrected chi connectivity index (χ1v) is 16.9. The third kappa shape index (κ3) is 4.06. The van der Waals surface area contributed by atoms with Crippen LogP contribution < -0.4 is 9.75 Å². The summed E-state index contributed by atoms with van der Waals surface area (Å²) in [5, 5.41) is 3.62. The number of furan rings is 1. The molecule has 2 heterocycles. The summed E-state index contributed by atoms with van der Waals surface area (Å²) in [6, 6.07) is 19.3. The van der Waals surface area contributed by atoms with Crippen molar-refractivity contribution in [3.63, 3.8) is 0 Å². The van der Waals surface area contributed by atoms with E-state index in [1.807, 2.05) is 12.1 Å². The van der Waals surface area contributed by atoms with Gasteiger partial charge in [-0.2, -0.15) is 4.57 Å². The molecule has 0 aliphatic carbocycles. The molecule has 4 heteroatoms. The van der Waals surface area contributed by atoms with Crippen molar-refractivity contribution in [2.24, 2.45) is 7.05 Å². The zero-order valence-corrected chi connectivity index (χ0v) is 25.1. The molecule has 0 saturated carbocycles. The monoisotopic (exact) mass is 517 g/mol. The molecule has 0 N–H and O–H groups in total. The number of hydrogen-bond acceptors (Lipinski definition) is 1. The fraction of sp³-hybridized carbons (Fsp3) is 0.294. The third-order valence-electron chi connectivity index (χ3n) is 8.14. The summed E-state index contributed by atoms with van der Waals surface area (Å²) in [6.45, 7) is 26.2. The fourth-order valence-corrected chi connectivity index (χ4v) is 7.58. The Hall–Kier alpha value is -3.68. The summed E-state index contributed by atoms with van der Waals surface area (Å²) in [4.78, 5) is 3.89. The summed E-state index contributed by atoms with van der Waals surface area (Å²) >= 11 is 0. The molecule has 5 rings (SSSR count). The lowest BCUT2D eigenvalue weighted by Gasteiger charge is -2.21. The van der Waals surface area contributed by atoms with Gasteiger partial charge in [0.05, 0.1) is 20.2 Å². The summed E-state index contributed by atoms with van der Waals surface area (Å²) in [7, 11) is 0.589. The second kappa shape index (κ2) is 9.25. The highest BCUT2D eigenvalue weighted by Crippen LogP contribution is 2.44. The Labute approximate surface area is 227 Å². The predicted octanol–water partition coefficient (Wildman–Crippen LogP) is 8.89. The number of hydrogen-bond donors (Lipinski definition) is 0. The quantitative estimate of drug-likeness (QED) is 0.132. The first kappa shape index (κ1) is 25.9. The van der Waals surface area contributed by atoms with Gasteiger partial charge >= 0.3 is 0 Å². The lowest BCUT2D eigenvalue weighted by molar-refractivity contribution is -0.666. The molecule has 0 bridgehead atoms. The number of pyridine rings is 1. The molecule has 5 aromatic rings. The van der Waals surface area contributed by atoms with Gasteiger partial charge in [0.15, 0.2) is 11.4 Å². The molecule has 2 aromatic heterocycles. The molecule has 38 heavy (non-hydrogen) atoms. The zero-order valence-electron chi connectivity index (χ0n) is 24.1. The molecule has 0 aliphatic heterocycles. The molecule has 3 aromatic carbocycles. The Kier molecular flexibility index (Phi) is 6.32. The van der Waals surface area contributed by atoms with Gasteiger partial charge in [0, 0.05) is 34.9 Å². The molecule has 192 valence electrons. The molecule has 0 unspecified atom stereocenters. The number of rotatable bonds is 4. The van der Waals surface area contributed by atoms with Gasteiger partial charge in [0.2, 0.25) is 5.69 Å². The van der Waals surface area contributed by atoms with Crippen molar-refractivity contribution in [3.05, 3.63) is 88.4 Å². The SMILES string of the molecule is [C-]#[N+]c1ccc2c(oc3c(-c4cc([Si](C)(C)C)c(C)c(C)[n+]4C)c(C)ccc32)c1-c1ccc(C(C)C)cc1. The highest BCUT2D eigenvalue weighted by atomic mass is 28.3. The van der Waals surface area contributed by atoms with E-state index in [1.54, 1.807) is 0 Å². The van der Waals surface area contributed by atoms with Crippen LogP contribution in [0.5, 0.6) is 0 Å². The molecule has 0 spiro atoms. The van der Waals surface area contributed by atoms with Crippen LogP contribution in [0.4, 0.5) is 5.69 Å². The van der Waals surface area contributed by atoms with Crippen LogP contribution in [0.3, 0.4) is 0 Å². The van der Waals surface area contributed by atoms with E-state index in [9.17, 15) is 0 Å². The van der Waals surface area contributed by atoms with E-state index in [1.165, 1.54) is 33.3 Å². The fourth-order valence-electron chi connectivity index (χ4n) is 5.70. The molecule has 0 radical (unpaired) electrons. The van der Waals surface area contributed by atoms with Crippen molar-refractivity contribution in [2.75, 3.05) is 0 Å². The minimum Gasteiger partial charge on any atom is -0.456 e. The number of aromatic nitrogens is 1. The van der Waals surface area contributed by atoms with Crippen LogP contribution in [0.1, 0.15) is 42.1 Å². The molecule has 0 aliphatic rings. The Morgan fingerprint density at radius 2 is 1.45 bits per heavy atom. The normalized spacial score (nSPS) is 12.0. The van der Waals surface area contributed by atoms with Crippen LogP contribution in [0.25, 0.3) is 49.2 Å². The second-order valence-corrected chi connectivity index (χ2v) is 17.0. The van der Waals surface area contributed by atoms with Crippen LogP contribution >= 0.6 is 0 Å². The zero-order chi connectivity index (χ0) is 27.5. The van der Waals surface area contributed by atoms with E-state index in [0.717, 1.165) is 38.6 Å². The average Bonchev–Trinajstić information content (AvgIpc) is 3.25. The van der Waals surface area contributed by atoms with Crippen molar-refractivity contribution in [2.45, 2.75) is 60.2 Å². The minimum absolute atomic E-state index is 0.455. The molecule has 0 saturated heterocycles. The largest absolute Gasteiger partial charge is 0.456 e. The van der Waals surface area contributed by atoms with Gasteiger partial charge in [-0.1, -0.05) is 82.0 Å². The van der Waals surface area contributed by atoms with E-state index < -0.39 is 8.07 Å². The summed E-state index contributed by atoms with van der Waals surface area (Å²) in [6.07, 6.45) is 0. The van der Waals surface area contributed by atoms with Crippen LogP contribution in [-0.4, -0.2) is 8.07 Å². The predicted molar refractivity (Wildman–Crippen MR) is 163 cm³/mol. The molecule has 3 nitrogen and oxygen atoms in total. The number of benzene rings is 3. The van der Waals surface area contributed by atoms with E-state index in [-0.39, 0.29) is 0 Å². The standard InChI is InChI=1S/C34H37N2OSi/c1-20(2)24-12-14-25(15-13-24)32-28(35-6)18-17-27-26-16-11-21(3)31(33(26)37-34(27)32)29-19-30(38(8,9)10)22(4)23(5)36(29)7/h11-20H,1-5,7-10H3/q+1. The second-order valence-electron chi connectivity index (χ2n) is 11.9. The smallest absolute Gasteiger partial charge is 0.216 e. The Morgan fingerprint density at radius 3 is 2.03 bits per heavy atom. The number of nitrogens with zero attached hydrogens (tertiary/aromatic N) is 2. The number of aryl methyl sites for hydroxylation is 1. The Bertz CT molecular complexity index is 1760. The van der Waals surface area contributed by atoms with Gasteiger partial charge in [-0.05, 0) is 41.6 Å². The maximum Gasteiger partial charge on any atom is 0.216 e. The van der Waals surface area contributed by atoms with Crippen molar-refractivity contribution >= 4 is 40.9 Å². The van der Waals surface area contributed by atoms with E-state index in [4.69, 9.17) is 11.0 Å². The van der Waals surface area contributed by atoms with Crippen molar-refractivity contribution in [1.82, 2.24) is 0 Å². The van der Waals surface area contributed by atoms with E-state index in [2.05, 4.69) is 113 Å². The minimum atomic E-state index is -1.57. The van der Waals surface area contributed by atoms with Crippen LogP contribution in [0.15, 0.2) is 59.0 Å². The van der Waals surface area contributed by atoms with Crippen molar-refractivity contribution in [1.29, 1.82) is 0 Å². The van der Waals surface area contributed by atoms with E-state index in [0.29, 0.717) is 11.6 Å². The maximum absolute atomic E-state index is 7.90. The molecule has 0 fully saturated rings. The van der Waals surface area contributed by atoms with Crippen LogP contribution in [0, 0.1) is 27.3 Å². The first-order valence-electron chi connectivity index (χ1n) is 13.4. The van der Waals surface area contributed by atoms with Gasteiger partial charge in [-0.15, -0.1) is 0 Å². The van der Waals surface area contributed by atoms with E-state index >= 15 is 0 Å². The topological polar surface area (TPSA) is 21.4 Å². The summed E-state index contributed by atoms with van der Waals surface area (Å²) in [5.41, 5.74) is 11.6. The maximum atomic E-state index is 7.90. The lowest BCUT2D eigenvalue weighted by Crippen LogP contribution is -2.46. The first-order chi connectivity index (χ1) is 17.9. The van der Waals surface area contributed by atoms with Crippen LogP contribution in [0.2, 0.25) is 19.6 Å². The number of fused-ring (bicyclic) bond motifs is 3. The molecular formula is C34H37N2OSi+. The van der Waals surface area contributed by atoms with Gasteiger partial charge in [0.1, 0.15) is 18.2 Å². The summed E-state index contributed by atoms with van der Waals surface area (Å²) in [5.74, 6) is 0.455. The van der Waals surface area contributed by atoms with Gasteiger partial charge in [-0.3, -0.25) is 0 Å². The van der Waals surface area contributed by atoms with Gasteiger partial charge in [-0.25, -0.2) is 4.85 Å². The highest BCUT2D eigenvalue weighted by molar-refractivity contribution is 6.89.